The first-order valence-corrected chi connectivity index (χ1v) is 5.34. The number of rotatable bonds is 1. The summed E-state index contributed by atoms with van der Waals surface area (Å²) in [5.74, 6) is 0.577. The van der Waals surface area contributed by atoms with E-state index in [-0.39, 0.29) is 0 Å². The van der Waals surface area contributed by atoms with Gasteiger partial charge in [0.2, 0.25) is 0 Å². The molecule has 0 bridgehead atoms. The highest BCUT2D eigenvalue weighted by atomic mass is 32.1. The predicted octanol–water partition coefficient (Wildman–Crippen LogP) is 1.48. The molecule has 0 aliphatic carbocycles. The van der Waals surface area contributed by atoms with Crippen molar-refractivity contribution in [1.82, 2.24) is 10.3 Å². The lowest BCUT2D eigenvalue weighted by atomic mass is 9.99. The monoisotopic (exact) mass is 193 g/mol. The van der Waals surface area contributed by atoms with Crippen LogP contribution in [0.4, 0.5) is 0 Å². The molecule has 0 radical (unpaired) electrons. The minimum absolute atomic E-state index is 0.568. The van der Waals surface area contributed by atoms with Crippen molar-refractivity contribution in [3.63, 3.8) is 0 Å². The highest BCUT2D eigenvalue weighted by molar-refractivity contribution is 7.09. The van der Waals surface area contributed by atoms with E-state index in [4.69, 9.17) is 5.26 Å². The summed E-state index contributed by atoms with van der Waals surface area (Å²) in [6.07, 6.45) is 2.30. The Balaban J connectivity index is 2.11. The molecule has 2 heterocycles. The topological polar surface area (TPSA) is 48.7 Å². The molecule has 1 saturated heterocycles. The Morgan fingerprint density at radius 1 is 1.54 bits per heavy atom. The van der Waals surface area contributed by atoms with E-state index in [0.29, 0.717) is 11.6 Å². The first kappa shape index (κ1) is 8.67. The quantitative estimate of drug-likeness (QED) is 0.735. The Morgan fingerprint density at radius 3 is 2.92 bits per heavy atom. The maximum Gasteiger partial charge on any atom is 0.151 e. The standard InChI is InChI=1S/C9H11N3S/c10-5-8-6-13-9(12-8)7-1-3-11-4-2-7/h6-7,11H,1-4H2. The van der Waals surface area contributed by atoms with Crippen molar-refractivity contribution < 1.29 is 0 Å². The van der Waals surface area contributed by atoms with Crippen molar-refractivity contribution in [2.24, 2.45) is 0 Å². The smallest absolute Gasteiger partial charge is 0.151 e. The predicted molar refractivity (Wildman–Crippen MR) is 51.7 cm³/mol. The first-order chi connectivity index (χ1) is 6.40. The molecule has 1 fully saturated rings. The molecule has 0 saturated carbocycles. The van der Waals surface area contributed by atoms with Crippen molar-refractivity contribution in [3.05, 3.63) is 16.1 Å². The van der Waals surface area contributed by atoms with Gasteiger partial charge in [-0.25, -0.2) is 4.98 Å². The molecular weight excluding hydrogens is 182 g/mol. The van der Waals surface area contributed by atoms with Gasteiger partial charge in [-0.1, -0.05) is 0 Å². The number of thiazole rings is 1. The third-order valence-corrected chi connectivity index (χ3v) is 3.33. The second kappa shape index (κ2) is 3.86. The molecule has 1 aromatic heterocycles. The van der Waals surface area contributed by atoms with Crippen LogP contribution in [0.15, 0.2) is 5.38 Å². The molecular formula is C9H11N3S. The molecule has 1 aliphatic rings. The SMILES string of the molecule is N#Cc1csc(C2CCNCC2)n1. The molecule has 4 heteroatoms. The number of nitrogens with zero attached hydrogens (tertiary/aromatic N) is 2. The van der Waals surface area contributed by atoms with Crippen molar-refractivity contribution in [3.8, 4) is 6.07 Å². The first-order valence-electron chi connectivity index (χ1n) is 4.46. The van der Waals surface area contributed by atoms with Crippen LogP contribution in [0.1, 0.15) is 29.5 Å². The summed E-state index contributed by atoms with van der Waals surface area (Å²) in [7, 11) is 0. The minimum Gasteiger partial charge on any atom is -0.317 e. The molecule has 68 valence electrons. The second-order valence-electron chi connectivity index (χ2n) is 3.21. The van der Waals surface area contributed by atoms with Gasteiger partial charge in [0.05, 0.1) is 5.01 Å². The summed E-state index contributed by atoms with van der Waals surface area (Å²) in [5.41, 5.74) is 0.568. The van der Waals surface area contributed by atoms with Crippen LogP contribution in [-0.4, -0.2) is 18.1 Å². The molecule has 1 aromatic rings. The summed E-state index contributed by atoms with van der Waals surface area (Å²) in [4.78, 5) is 4.28. The van der Waals surface area contributed by atoms with E-state index in [1.54, 1.807) is 11.3 Å². The van der Waals surface area contributed by atoms with Crippen LogP contribution in [0.2, 0.25) is 0 Å². The maximum absolute atomic E-state index is 8.63. The fourth-order valence-corrected chi connectivity index (χ4v) is 2.51. The van der Waals surface area contributed by atoms with E-state index < -0.39 is 0 Å². The van der Waals surface area contributed by atoms with Crippen molar-refractivity contribution in [2.45, 2.75) is 18.8 Å². The van der Waals surface area contributed by atoms with E-state index in [1.165, 1.54) is 0 Å². The summed E-state index contributed by atoms with van der Waals surface area (Å²) < 4.78 is 0. The third kappa shape index (κ3) is 1.87. The lowest BCUT2D eigenvalue weighted by Crippen LogP contribution is -2.26. The fraction of sp³-hybridized carbons (Fsp3) is 0.556. The summed E-state index contributed by atoms with van der Waals surface area (Å²) in [6, 6.07) is 2.07. The van der Waals surface area contributed by atoms with Gasteiger partial charge in [-0.15, -0.1) is 11.3 Å². The zero-order valence-corrected chi connectivity index (χ0v) is 8.10. The van der Waals surface area contributed by atoms with Gasteiger partial charge in [0, 0.05) is 11.3 Å². The minimum atomic E-state index is 0.568. The van der Waals surface area contributed by atoms with Crippen LogP contribution in [0.5, 0.6) is 0 Å². The highest BCUT2D eigenvalue weighted by Gasteiger charge is 2.17. The molecule has 0 aromatic carbocycles. The van der Waals surface area contributed by atoms with Crippen LogP contribution < -0.4 is 5.32 Å². The van der Waals surface area contributed by atoms with Gasteiger partial charge in [0.1, 0.15) is 6.07 Å². The molecule has 3 nitrogen and oxygen atoms in total. The number of hydrogen-bond acceptors (Lipinski definition) is 4. The third-order valence-electron chi connectivity index (χ3n) is 2.32. The molecule has 2 rings (SSSR count). The number of aromatic nitrogens is 1. The molecule has 0 spiro atoms. The Hall–Kier alpha value is -0.920. The van der Waals surface area contributed by atoms with Gasteiger partial charge < -0.3 is 5.32 Å². The molecule has 1 N–H and O–H groups in total. The van der Waals surface area contributed by atoms with Crippen LogP contribution in [0, 0.1) is 11.3 Å². The van der Waals surface area contributed by atoms with Gasteiger partial charge in [-0.2, -0.15) is 5.26 Å². The Kier molecular flexibility index (Phi) is 2.57. The number of nitrogens with one attached hydrogen (secondary N) is 1. The average molecular weight is 193 g/mol. The van der Waals surface area contributed by atoms with Crippen molar-refractivity contribution in [1.29, 1.82) is 5.26 Å². The summed E-state index contributed by atoms with van der Waals surface area (Å²) >= 11 is 1.62. The largest absolute Gasteiger partial charge is 0.317 e. The Bertz CT molecular complexity index is 320. The highest BCUT2D eigenvalue weighted by Crippen LogP contribution is 2.27. The zero-order valence-electron chi connectivity index (χ0n) is 7.29. The molecule has 0 amide bonds. The lowest BCUT2D eigenvalue weighted by Gasteiger charge is -2.20. The van der Waals surface area contributed by atoms with E-state index in [2.05, 4.69) is 16.4 Å². The maximum atomic E-state index is 8.63. The van der Waals surface area contributed by atoms with Crippen LogP contribution in [0.3, 0.4) is 0 Å². The normalized spacial score (nSPS) is 18.4. The molecule has 0 atom stereocenters. The van der Waals surface area contributed by atoms with Gasteiger partial charge in [-0.05, 0) is 25.9 Å². The van der Waals surface area contributed by atoms with Crippen LogP contribution in [0.25, 0.3) is 0 Å². The van der Waals surface area contributed by atoms with Crippen LogP contribution in [-0.2, 0) is 0 Å². The Morgan fingerprint density at radius 2 is 2.31 bits per heavy atom. The number of hydrogen-bond donors (Lipinski definition) is 1. The molecule has 1 aliphatic heterocycles. The molecule has 13 heavy (non-hydrogen) atoms. The number of nitriles is 1. The van der Waals surface area contributed by atoms with Crippen molar-refractivity contribution in [2.75, 3.05) is 13.1 Å². The zero-order chi connectivity index (χ0) is 9.10. The van der Waals surface area contributed by atoms with Gasteiger partial charge in [-0.3, -0.25) is 0 Å². The molecule has 0 unspecified atom stereocenters. The van der Waals surface area contributed by atoms with Crippen molar-refractivity contribution >= 4 is 11.3 Å². The van der Waals surface area contributed by atoms with Crippen LogP contribution >= 0.6 is 11.3 Å². The average Bonchev–Trinajstić information content (AvgIpc) is 2.67. The van der Waals surface area contributed by atoms with E-state index in [0.717, 1.165) is 30.9 Å². The Labute approximate surface area is 81.4 Å². The van der Waals surface area contributed by atoms with Gasteiger partial charge in [0.15, 0.2) is 5.69 Å². The number of piperidine rings is 1. The van der Waals surface area contributed by atoms with E-state index in [9.17, 15) is 0 Å². The fourth-order valence-electron chi connectivity index (χ4n) is 1.60. The van der Waals surface area contributed by atoms with Gasteiger partial charge >= 0.3 is 0 Å². The van der Waals surface area contributed by atoms with E-state index >= 15 is 0 Å². The van der Waals surface area contributed by atoms with E-state index in [1.807, 2.05) is 5.38 Å². The van der Waals surface area contributed by atoms with Gasteiger partial charge in [0.25, 0.3) is 0 Å². The summed E-state index contributed by atoms with van der Waals surface area (Å²) in [5, 5.41) is 14.9. The second-order valence-corrected chi connectivity index (χ2v) is 4.10. The summed E-state index contributed by atoms with van der Waals surface area (Å²) in [6.45, 7) is 2.15. The lowest BCUT2D eigenvalue weighted by molar-refractivity contribution is 0.459.